The van der Waals surface area contributed by atoms with Gasteiger partial charge in [-0.15, -0.1) is 0 Å². The van der Waals surface area contributed by atoms with Crippen LogP contribution in [0.1, 0.15) is 16.7 Å². The Hall–Kier alpha value is -7.39. The highest BCUT2D eigenvalue weighted by molar-refractivity contribution is 6.12. The lowest BCUT2D eigenvalue weighted by Crippen LogP contribution is -1.99. The number of hydrogen-bond acceptors (Lipinski definition) is 3. The summed E-state index contributed by atoms with van der Waals surface area (Å²) in [7, 11) is 0. The molecule has 0 aliphatic heterocycles. The van der Waals surface area contributed by atoms with Gasteiger partial charge in [0.25, 0.3) is 0 Å². The van der Waals surface area contributed by atoms with E-state index in [1.54, 1.807) is 0 Å². The van der Waals surface area contributed by atoms with Crippen molar-refractivity contribution >= 4 is 43.6 Å². The fourth-order valence-corrected chi connectivity index (χ4v) is 7.54. The molecule has 0 saturated heterocycles. The Morgan fingerprint density at radius 1 is 0.380 bits per heavy atom. The maximum atomic E-state index is 10.6. The van der Waals surface area contributed by atoms with Crippen LogP contribution in [0.4, 0.5) is 0 Å². The Balaban J connectivity index is 1.25. The second-order valence-electron chi connectivity index (χ2n) is 12.3. The summed E-state index contributed by atoms with van der Waals surface area (Å²) in [6.07, 6.45) is 0. The van der Waals surface area contributed by atoms with Crippen LogP contribution in [0.15, 0.2) is 152 Å². The monoisotopic (exact) mass is 635 g/mol. The van der Waals surface area contributed by atoms with E-state index in [1.807, 2.05) is 91.0 Å². The molecule has 0 fully saturated rings. The van der Waals surface area contributed by atoms with Crippen molar-refractivity contribution in [2.45, 2.75) is 0 Å². The van der Waals surface area contributed by atoms with Crippen LogP contribution >= 0.6 is 0 Å². The fourth-order valence-electron chi connectivity index (χ4n) is 7.54. The fraction of sp³-hybridized carbons (Fsp3) is 0. The van der Waals surface area contributed by atoms with Gasteiger partial charge >= 0.3 is 0 Å². The maximum Gasteiger partial charge on any atom is 0.0998 e. The predicted octanol–water partition coefficient (Wildman–Crippen LogP) is 10.8. The van der Waals surface area contributed by atoms with Gasteiger partial charge in [-0.2, -0.15) is 15.8 Å². The van der Waals surface area contributed by atoms with Crippen LogP contribution in [0.25, 0.3) is 77.2 Å². The number of hydrogen-bond donors (Lipinski definition) is 0. The smallest absolute Gasteiger partial charge is 0.0998 e. The van der Waals surface area contributed by atoms with E-state index in [-0.39, 0.29) is 0 Å². The Kier molecular flexibility index (Phi) is 6.56. The highest BCUT2D eigenvalue weighted by Gasteiger charge is 2.20. The molecule has 0 atom stereocenters. The van der Waals surface area contributed by atoms with Gasteiger partial charge in [0.05, 0.1) is 62.7 Å². The molecule has 0 radical (unpaired) electrons. The van der Waals surface area contributed by atoms with E-state index in [0.29, 0.717) is 16.7 Å². The van der Waals surface area contributed by atoms with Crippen molar-refractivity contribution in [3.8, 4) is 51.8 Å². The molecule has 0 amide bonds. The molecule has 0 aliphatic rings. The van der Waals surface area contributed by atoms with E-state index < -0.39 is 0 Å². The van der Waals surface area contributed by atoms with Crippen LogP contribution in [0.2, 0.25) is 0 Å². The minimum atomic E-state index is 0.558. The Labute approximate surface area is 287 Å². The zero-order valence-electron chi connectivity index (χ0n) is 26.7. The summed E-state index contributed by atoms with van der Waals surface area (Å²) in [6.45, 7) is 0. The van der Waals surface area contributed by atoms with Gasteiger partial charge in [0, 0.05) is 38.4 Å². The van der Waals surface area contributed by atoms with Crippen molar-refractivity contribution in [3.05, 3.63) is 168 Å². The maximum absolute atomic E-state index is 10.6. The van der Waals surface area contributed by atoms with Gasteiger partial charge < -0.3 is 9.13 Å². The Morgan fingerprint density at radius 2 is 1.00 bits per heavy atom. The van der Waals surface area contributed by atoms with Crippen molar-refractivity contribution in [2.75, 3.05) is 0 Å². The normalized spacial score (nSPS) is 11.1. The van der Waals surface area contributed by atoms with E-state index in [4.69, 9.17) is 0 Å². The minimum absolute atomic E-state index is 0.558. The third-order valence-electron chi connectivity index (χ3n) is 9.65. The first-order chi connectivity index (χ1) is 24.7. The quantitative estimate of drug-likeness (QED) is 0.193. The van der Waals surface area contributed by atoms with Crippen molar-refractivity contribution in [1.82, 2.24) is 9.13 Å². The molecule has 0 saturated carbocycles. The Bertz CT molecular complexity index is 2970. The van der Waals surface area contributed by atoms with Crippen molar-refractivity contribution < 1.29 is 0 Å². The summed E-state index contributed by atoms with van der Waals surface area (Å²) < 4.78 is 4.40. The number of benzene rings is 7. The van der Waals surface area contributed by atoms with E-state index >= 15 is 0 Å². The largest absolute Gasteiger partial charge is 0.309 e. The molecule has 0 bridgehead atoms. The van der Waals surface area contributed by atoms with Crippen LogP contribution in [0.3, 0.4) is 0 Å². The number of para-hydroxylation sites is 3. The van der Waals surface area contributed by atoms with E-state index in [2.05, 4.69) is 88.0 Å². The van der Waals surface area contributed by atoms with Gasteiger partial charge in [0.15, 0.2) is 0 Å². The summed E-state index contributed by atoms with van der Waals surface area (Å²) in [5.74, 6) is 0. The molecule has 9 aromatic rings. The van der Waals surface area contributed by atoms with Crippen LogP contribution in [0.5, 0.6) is 0 Å². The van der Waals surface area contributed by atoms with Crippen molar-refractivity contribution in [1.29, 1.82) is 15.8 Å². The predicted molar refractivity (Wildman–Crippen MR) is 200 cm³/mol. The summed E-state index contributed by atoms with van der Waals surface area (Å²) in [4.78, 5) is 0. The molecule has 5 heteroatoms. The molecule has 2 aromatic heterocycles. The summed E-state index contributed by atoms with van der Waals surface area (Å²) >= 11 is 0. The number of nitrogens with zero attached hydrogens (tertiary/aromatic N) is 5. The van der Waals surface area contributed by atoms with Gasteiger partial charge in [-0.05, 0) is 71.8 Å². The average molecular weight is 636 g/mol. The highest BCUT2D eigenvalue weighted by Crippen LogP contribution is 2.41. The molecule has 5 nitrogen and oxygen atoms in total. The lowest BCUT2D eigenvalue weighted by molar-refractivity contribution is 1.18. The number of fused-ring (bicyclic) bond motifs is 6. The Morgan fingerprint density at radius 3 is 1.76 bits per heavy atom. The molecule has 2 heterocycles. The standard InChI is InChI=1S/C45H25N5/c46-26-29-20-23-43-39(24-29)37-14-4-6-16-40(37)49(43)32-21-22-33(31(25-32)28-48)34-11-1-2-12-35(34)36-13-3-7-17-41(36)50-42-18-8-5-15-38(42)45-30(27-47)10-9-19-44(45)50/h1-25H. The summed E-state index contributed by atoms with van der Waals surface area (Å²) in [5.41, 5.74) is 11.4. The second-order valence-corrected chi connectivity index (χ2v) is 12.3. The van der Waals surface area contributed by atoms with Gasteiger partial charge in [-0.1, -0.05) is 91.0 Å². The molecular formula is C45H25N5. The molecule has 0 N–H and O–H groups in total. The third-order valence-corrected chi connectivity index (χ3v) is 9.65. The molecule has 230 valence electrons. The molecule has 0 spiro atoms. The van der Waals surface area contributed by atoms with Crippen molar-refractivity contribution in [3.63, 3.8) is 0 Å². The van der Waals surface area contributed by atoms with Crippen LogP contribution in [-0.2, 0) is 0 Å². The third kappa shape index (κ3) is 4.24. The van der Waals surface area contributed by atoms with E-state index in [9.17, 15) is 15.8 Å². The first-order valence-electron chi connectivity index (χ1n) is 16.3. The zero-order valence-corrected chi connectivity index (χ0v) is 26.7. The highest BCUT2D eigenvalue weighted by atomic mass is 15.0. The van der Waals surface area contributed by atoms with E-state index in [0.717, 1.165) is 77.2 Å². The van der Waals surface area contributed by atoms with Crippen LogP contribution in [-0.4, -0.2) is 9.13 Å². The first kappa shape index (κ1) is 28.8. The van der Waals surface area contributed by atoms with Crippen LogP contribution < -0.4 is 0 Å². The van der Waals surface area contributed by atoms with E-state index in [1.165, 1.54) is 0 Å². The number of rotatable bonds is 4. The summed E-state index contributed by atoms with van der Waals surface area (Å²) in [5, 5.41) is 34.2. The SMILES string of the molecule is N#Cc1ccc2c(c1)c1ccccc1n2-c1ccc(-c2ccccc2-c2ccccc2-n2c3ccccc3c3c(C#N)cccc32)c(C#N)c1. The lowest BCUT2D eigenvalue weighted by Gasteiger charge is -2.18. The van der Waals surface area contributed by atoms with Gasteiger partial charge in [0.2, 0.25) is 0 Å². The topological polar surface area (TPSA) is 81.2 Å². The van der Waals surface area contributed by atoms with Gasteiger partial charge in [-0.3, -0.25) is 0 Å². The molecular weight excluding hydrogens is 611 g/mol. The molecule has 7 aromatic carbocycles. The van der Waals surface area contributed by atoms with Gasteiger partial charge in [-0.25, -0.2) is 0 Å². The molecule has 9 rings (SSSR count). The van der Waals surface area contributed by atoms with Crippen molar-refractivity contribution in [2.24, 2.45) is 0 Å². The van der Waals surface area contributed by atoms with Crippen LogP contribution in [0, 0.1) is 34.0 Å². The zero-order chi connectivity index (χ0) is 33.8. The number of nitriles is 3. The minimum Gasteiger partial charge on any atom is -0.309 e. The first-order valence-corrected chi connectivity index (χ1v) is 16.3. The number of aromatic nitrogens is 2. The molecule has 0 unspecified atom stereocenters. The molecule has 0 aliphatic carbocycles. The average Bonchev–Trinajstić information content (AvgIpc) is 3.70. The van der Waals surface area contributed by atoms with Gasteiger partial charge in [0.1, 0.15) is 0 Å². The summed E-state index contributed by atoms with van der Waals surface area (Å²) in [6, 6.07) is 57.8. The lowest BCUT2D eigenvalue weighted by atomic mass is 9.91. The molecule has 50 heavy (non-hydrogen) atoms. The second kappa shape index (κ2) is 11.4.